The maximum atomic E-state index is 5.53. The van der Waals surface area contributed by atoms with Crippen LogP contribution in [0.3, 0.4) is 0 Å². The van der Waals surface area contributed by atoms with Crippen molar-refractivity contribution in [2.45, 2.75) is 25.8 Å². The number of nitrogens with one attached hydrogen (secondary N) is 1. The molecule has 0 spiro atoms. The highest BCUT2D eigenvalue weighted by Gasteiger charge is 2.29. The van der Waals surface area contributed by atoms with Crippen LogP contribution in [0.15, 0.2) is 0 Å². The molecule has 14 heavy (non-hydrogen) atoms. The molecule has 2 fully saturated rings. The van der Waals surface area contributed by atoms with E-state index in [0.29, 0.717) is 6.04 Å². The lowest BCUT2D eigenvalue weighted by Crippen LogP contribution is -2.50. The number of likely N-dealkylation sites (N-methyl/N-ethyl adjacent to an activating group) is 1. The fourth-order valence-electron chi connectivity index (χ4n) is 2.06. The molecule has 82 valence electrons. The summed E-state index contributed by atoms with van der Waals surface area (Å²) in [6.45, 7) is 8.59. The molecule has 3 heteroatoms. The third kappa shape index (κ3) is 2.94. The minimum atomic E-state index is 0.615. The molecule has 1 heterocycles. The third-order valence-corrected chi connectivity index (χ3v) is 3.17. The quantitative estimate of drug-likeness (QED) is 0.704. The zero-order valence-electron chi connectivity index (χ0n) is 9.17. The van der Waals surface area contributed by atoms with Gasteiger partial charge >= 0.3 is 0 Å². The van der Waals surface area contributed by atoms with E-state index in [1.54, 1.807) is 0 Å². The Balaban J connectivity index is 1.76. The number of ether oxygens (including phenoxy) is 1. The van der Waals surface area contributed by atoms with Crippen molar-refractivity contribution in [3.05, 3.63) is 0 Å². The Morgan fingerprint density at radius 1 is 1.43 bits per heavy atom. The van der Waals surface area contributed by atoms with Gasteiger partial charge in [-0.15, -0.1) is 0 Å². The van der Waals surface area contributed by atoms with Crippen LogP contribution in [0.4, 0.5) is 0 Å². The summed E-state index contributed by atoms with van der Waals surface area (Å²) in [4.78, 5) is 2.61. The zero-order chi connectivity index (χ0) is 9.80. The standard InChI is InChI=1S/C11H22N2O/c1-2-12-7-11-9-14-6-5-13(11)8-10-3-4-10/h10-12H,2-9H2,1H3. The van der Waals surface area contributed by atoms with Gasteiger partial charge in [-0.1, -0.05) is 6.92 Å². The van der Waals surface area contributed by atoms with E-state index in [1.165, 1.54) is 19.4 Å². The normalized spacial score (nSPS) is 29.4. The van der Waals surface area contributed by atoms with E-state index in [9.17, 15) is 0 Å². The van der Waals surface area contributed by atoms with Gasteiger partial charge < -0.3 is 10.1 Å². The highest BCUT2D eigenvalue weighted by molar-refractivity contribution is 4.83. The Morgan fingerprint density at radius 2 is 2.29 bits per heavy atom. The molecule has 0 aromatic rings. The molecule has 1 unspecified atom stereocenters. The van der Waals surface area contributed by atoms with Crippen LogP contribution in [0.2, 0.25) is 0 Å². The van der Waals surface area contributed by atoms with Crippen LogP contribution in [0.1, 0.15) is 19.8 Å². The molecule has 0 aromatic carbocycles. The molecule has 1 aliphatic carbocycles. The minimum Gasteiger partial charge on any atom is -0.378 e. The topological polar surface area (TPSA) is 24.5 Å². The van der Waals surface area contributed by atoms with Gasteiger partial charge in [0.2, 0.25) is 0 Å². The summed E-state index contributed by atoms with van der Waals surface area (Å²) in [5.41, 5.74) is 0. The highest BCUT2D eigenvalue weighted by atomic mass is 16.5. The summed E-state index contributed by atoms with van der Waals surface area (Å²) in [6, 6.07) is 0.615. The first-order valence-corrected chi connectivity index (χ1v) is 5.92. The van der Waals surface area contributed by atoms with Crippen molar-refractivity contribution in [1.29, 1.82) is 0 Å². The lowest BCUT2D eigenvalue weighted by atomic mass is 10.2. The molecule has 0 aromatic heterocycles. The van der Waals surface area contributed by atoms with Crippen LogP contribution in [0, 0.1) is 5.92 Å². The molecule has 1 atom stereocenters. The van der Waals surface area contributed by atoms with Gasteiger partial charge in [0, 0.05) is 25.7 Å². The lowest BCUT2D eigenvalue weighted by Gasteiger charge is -2.35. The van der Waals surface area contributed by atoms with Crippen molar-refractivity contribution in [3.63, 3.8) is 0 Å². The van der Waals surface area contributed by atoms with Gasteiger partial charge in [-0.05, 0) is 25.3 Å². The molecule has 2 aliphatic rings. The smallest absolute Gasteiger partial charge is 0.0634 e. The molecule has 3 nitrogen and oxygen atoms in total. The maximum Gasteiger partial charge on any atom is 0.0634 e. The van der Waals surface area contributed by atoms with Gasteiger partial charge in [0.1, 0.15) is 0 Å². The van der Waals surface area contributed by atoms with Crippen molar-refractivity contribution in [2.75, 3.05) is 39.4 Å². The largest absolute Gasteiger partial charge is 0.378 e. The van der Waals surface area contributed by atoms with Gasteiger partial charge in [-0.2, -0.15) is 0 Å². The molecule has 1 N–H and O–H groups in total. The second kappa shape index (κ2) is 5.10. The molecule has 0 amide bonds. The number of rotatable bonds is 5. The van der Waals surface area contributed by atoms with Crippen molar-refractivity contribution < 1.29 is 4.74 Å². The summed E-state index contributed by atoms with van der Waals surface area (Å²) in [5, 5.41) is 3.42. The van der Waals surface area contributed by atoms with Crippen molar-refractivity contribution in [1.82, 2.24) is 10.2 Å². The molecule has 1 saturated carbocycles. The Bertz CT molecular complexity index is 171. The van der Waals surface area contributed by atoms with Gasteiger partial charge in [0.15, 0.2) is 0 Å². The van der Waals surface area contributed by atoms with Gasteiger partial charge in [0.05, 0.1) is 13.2 Å². The van der Waals surface area contributed by atoms with Crippen molar-refractivity contribution >= 4 is 0 Å². The first kappa shape index (κ1) is 10.4. The second-order valence-electron chi connectivity index (χ2n) is 4.47. The van der Waals surface area contributed by atoms with Crippen LogP contribution < -0.4 is 5.32 Å². The van der Waals surface area contributed by atoms with Crippen LogP contribution >= 0.6 is 0 Å². The first-order valence-electron chi connectivity index (χ1n) is 5.92. The number of nitrogens with zero attached hydrogens (tertiary/aromatic N) is 1. The SMILES string of the molecule is CCNCC1COCCN1CC1CC1. The van der Waals surface area contributed by atoms with Crippen LogP contribution in [0.5, 0.6) is 0 Å². The van der Waals surface area contributed by atoms with Gasteiger partial charge in [-0.25, -0.2) is 0 Å². The minimum absolute atomic E-state index is 0.615. The summed E-state index contributed by atoms with van der Waals surface area (Å²) in [6.07, 6.45) is 2.90. The molecule has 0 radical (unpaired) electrons. The predicted molar refractivity (Wildman–Crippen MR) is 57.4 cm³/mol. The molecule has 1 aliphatic heterocycles. The Hall–Kier alpha value is -0.120. The van der Waals surface area contributed by atoms with E-state index in [4.69, 9.17) is 4.74 Å². The molecular weight excluding hydrogens is 176 g/mol. The van der Waals surface area contributed by atoms with E-state index < -0.39 is 0 Å². The summed E-state index contributed by atoms with van der Waals surface area (Å²) >= 11 is 0. The number of hydrogen-bond donors (Lipinski definition) is 1. The summed E-state index contributed by atoms with van der Waals surface area (Å²) in [5.74, 6) is 0.997. The predicted octanol–water partition coefficient (Wildman–Crippen LogP) is 0.707. The van der Waals surface area contributed by atoms with Crippen molar-refractivity contribution in [3.8, 4) is 0 Å². The third-order valence-electron chi connectivity index (χ3n) is 3.17. The Morgan fingerprint density at radius 3 is 3.00 bits per heavy atom. The van der Waals surface area contributed by atoms with Crippen LogP contribution in [0.25, 0.3) is 0 Å². The van der Waals surface area contributed by atoms with E-state index in [-0.39, 0.29) is 0 Å². The Labute approximate surface area is 86.8 Å². The fourth-order valence-corrected chi connectivity index (χ4v) is 2.06. The molecule has 0 bridgehead atoms. The monoisotopic (exact) mass is 198 g/mol. The highest BCUT2D eigenvalue weighted by Crippen LogP contribution is 2.30. The number of hydrogen-bond acceptors (Lipinski definition) is 3. The summed E-state index contributed by atoms with van der Waals surface area (Å²) in [7, 11) is 0. The fraction of sp³-hybridized carbons (Fsp3) is 1.00. The van der Waals surface area contributed by atoms with Gasteiger partial charge in [0.25, 0.3) is 0 Å². The summed E-state index contributed by atoms with van der Waals surface area (Å²) < 4.78 is 5.53. The molecule has 1 saturated heterocycles. The van der Waals surface area contributed by atoms with E-state index >= 15 is 0 Å². The molecule has 2 rings (SSSR count). The Kier molecular flexibility index (Phi) is 3.79. The van der Waals surface area contributed by atoms with Crippen LogP contribution in [-0.2, 0) is 4.74 Å². The van der Waals surface area contributed by atoms with E-state index in [0.717, 1.165) is 38.8 Å². The molecular formula is C11H22N2O. The maximum absolute atomic E-state index is 5.53. The second-order valence-corrected chi connectivity index (χ2v) is 4.47. The lowest BCUT2D eigenvalue weighted by molar-refractivity contribution is -0.00862. The van der Waals surface area contributed by atoms with Gasteiger partial charge in [-0.3, -0.25) is 4.90 Å². The van der Waals surface area contributed by atoms with Crippen LogP contribution in [-0.4, -0.2) is 50.3 Å². The number of morpholine rings is 1. The average molecular weight is 198 g/mol. The van der Waals surface area contributed by atoms with E-state index in [1.807, 2.05) is 0 Å². The first-order chi connectivity index (χ1) is 6.90. The average Bonchev–Trinajstić information content (AvgIpc) is 3.01. The van der Waals surface area contributed by atoms with E-state index in [2.05, 4.69) is 17.1 Å². The van der Waals surface area contributed by atoms with Crippen molar-refractivity contribution in [2.24, 2.45) is 5.92 Å². The zero-order valence-corrected chi connectivity index (χ0v) is 9.17.